The maximum Gasteiger partial charge on any atom is 0.337 e. The van der Waals surface area contributed by atoms with E-state index in [0.29, 0.717) is 16.4 Å². The Labute approximate surface area is 335 Å². The van der Waals surface area contributed by atoms with Crippen molar-refractivity contribution in [3.05, 3.63) is 163 Å². The minimum absolute atomic E-state index is 0.0221. The van der Waals surface area contributed by atoms with Gasteiger partial charge in [-0.3, -0.25) is 22.8 Å². The van der Waals surface area contributed by atoms with Gasteiger partial charge in [0.15, 0.2) is 0 Å². The van der Waals surface area contributed by atoms with E-state index in [1.807, 2.05) is 12.1 Å². The van der Waals surface area contributed by atoms with Crippen molar-refractivity contribution in [2.45, 2.75) is 18.9 Å². The number of fused-ring (bicyclic) bond motifs is 3. The number of nitrogens with zero attached hydrogens (tertiary/aromatic N) is 2. The molecule has 5 aliphatic rings. The first-order chi connectivity index (χ1) is 26.3. The molecule has 0 aromatic heterocycles. The average molecular weight is 859 g/mol. The monoisotopic (exact) mass is 857 g/mol. The number of anilines is 2. The highest BCUT2D eigenvalue weighted by atomic mass is 35.5. The van der Waals surface area contributed by atoms with Crippen molar-refractivity contribution < 1.29 is 31.5 Å². The molecule has 0 atom stereocenters. The standard InChI is InChI=1S/C22H19ClN4O3S2.C13H10ClN3O4S2/c23-16-7-8-18(22(28)25-17-10-14-4-1-2-5-15(14)11-17)19(12-16)26-32(29,30)21-6-3-9-27-20(21)13-24-31-27;14-8-3-4-9(13(18)19)10(6-8)16-23(20,21)12-2-1-5-17-11(12)7-15-22-17/h1-9,12-13,17,24,26H,10-11H2,(H,25,28);1-7,15-16H,(H,18,19). The van der Waals surface area contributed by atoms with Crippen molar-refractivity contribution >= 4 is 90.8 Å². The van der Waals surface area contributed by atoms with Crippen molar-refractivity contribution in [3.8, 4) is 0 Å². The third-order valence-corrected chi connectivity index (χ3v) is 13.3. The van der Waals surface area contributed by atoms with Crippen LogP contribution >= 0.6 is 47.5 Å². The first-order valence-corrected chi connectivity index (χ1v) is 21.4. The summed E-state index contributed by atoms with van der Waals surface area (Å²) in [7, 11) is -7.97. The number of carbonyl (C=O) groups excluding carboxylic acids is 1. The summed E-state index contributed by atoms with van der Waals surface area (Å²) in [6, 6.07) is 16.5. The van der Waals surface area contributed by atoms with Gasteiger partial charge < -0.3 is 19.9 Å². The third-order valence-electron chi connectivity index (χ3n) is 8.50. The summed E-state index contributed by atoms with van der Waals surface area (Å²) in [5, 5.41) is 12.8. The van der Waals surface area contributed by atoms with Crippen molar-refractivity contribution in [1.29, 1.82) is 0 Å². The second kappa shape index (κ2) is 15.6. The Balaban J connectivity index is 0.000000179. The number of hydrogen-bond acceptors (Lipinski definition) is 12. The second-order valence-electron chi connectivity index (χ2n) is 12.1. The van der Waals surface area contributed by atoms with Gasteiger partial charge in [-0.05, 0) is 84.7 Å². The fourth-order valence-corrected chi connectivity index (χ4v) is 10.3. The zero-order valence-corrected chi connectivity index (χ0v) is 32.8. The van der Waals surface area contributed by atoms with Gasteiger partial charge in [-0.2, -0.15) is 0 Å². The SMILES string of the molecule is O=C(NC1Cc2ccccc2C1)c1ccc(Cl)cc1NS(=O)(=O)C1=CC=CN2SNC=C12.O=C(O)c1ccc(Cl)cc1NS(=O)(=O)C1=CC=CN2SNC=C12. The van der Waals surface area contributed by atoms with Gasteiger partial charge in [0.2, 0.25) is 0 Å². The minimum Gasteiger partial charge on any atom is -0.478 e. The van der Waals surface area contributed by atoms with Crippen LogP contribution in [0.5, 0.6) is 0 Å². The summed E-state index contributed by atoms with van der Waals surface area (Å²) >= 11 is 14.4. The van der Waals surface area contributed by atoms with E-state index in [-0.39, 0.29) is 49.3 Å². The zero-order valence-electron chi connectivity index (χ0n) is 28.1. The van der Waals surface area contributed by atoms with Gasteiger partial charge in [0.05, 0.1) is 58.2 Å². The fourth-order valence-electron chi connectivity index (χ4n) is 6.04. The molecular formula is C35H29Cl2N7O7S4. The van der Waals surface area contributed by atoms with E-state index in [1.54, 1.807) is 51.6 Å². The van der Waals surface area contributed by atoms with E-state index in [4.69, 9.17) is 23.2 Å². The molecule has 55 heavy (non-hydrogen) atoms. The Morgan fingerprint density at radius 2 is 1.20 bits per heavy atom. The first kappa shape index (κ1) is 38.3. The fraction of sp³-hybridized carbons (Fsp3) is 0.0857. The molecule has 3 aromatic carbocycles. The molecule has 1 aliphatic carbocycles. The Hall–Kier alpha value is -4.98. The minimum atomic E-state index is -3.99. The molecule has 0 saturated heterocycles. The van der Waals surface area contributed by atoms with Crippen LogP contribution in [0.15, 0.2) is 131 Å². The predicted octanol–water partition coefficient (Wildman–Crippen LogP) is 6.20. The number of sulfonamides is 2. The zero-order chi connectivity index (χ0) is 38.9. The molecule has 4 heterocycles. The summed E-state index contributed by atoms with van der Waals surface area (Å²) < 4.78 is 65.6. The van der Waals surface area contributed by atoms with Gasteiger partial charge in [-0.25, -0.2) is 21.6 Å². The number of carboxylic acid groups (broad SMARTS) is 1. The summed E-state index contributed by atoms with van der Waals surface area (Å²) in [5.41, 5.74) is 3.45. The van der Waals surface area contributed by atoms with Gasteiger partial charge in [0.25, 0.3) is 26.0 Å². The predicted molar refractivity (Wildman–Crippen MR) is 216 cm³/mol. The quantitative estimate of drug-likeness (QED) is 0.134. The molecule has 20 heteroatoms. The molecule has 3 aromatic rings. The molecular weight excluding hydrogens is 830 g/mol. The average Bonchev–Trinajstić information content (AvgIpc) is 3.91. The number of carboxylic acids is 1. The van der Waals surface area contributed by atoms with Crippen LogP contribution in [-0.2, 0) is 32.9 Å². The van der Waals surface area contributed by atoms with Crippen LogP contribution in [0.2, 0.25) is 10.0 Å². The second-order valence-corrected chi connectivity index (χ2v) is 17.9. The molecule has 14 nitrogen and oxygen atoms in total. The van der Waals surface area contributed by atoms with Gasteiger partial charge in [-0.1, -0.05) is 47.5 Å². The molecule has 8 rings (SSSR count). The maximum absolute atomic E-state index is 13.2. The molecule has 0 saturated carbocycles. The van der Waals surface area contributed by atoms with Gasteiger partial charge in [0, 0.05) is 40.9 Å². The Kier molecular flexibility index (Phi) is 10.9. The number of rotatable bonds is 9. The number of aromatic carboxylic acids is 1. The van der Waals surface area contributed by atoms with Crippen molar-refractivity contribution in [1.82, 2.24) is 23.4 Å². The van der Waals surface area contributed by atoms with Crippen LogP contribution in [0, 0.1) is 0 Å². The topological polar surface area (TPSA) is 189 Å². The highest BCUT2D eigenvalue weighted by Gasteiger charge is 2.32. The first-order valence-electron chi connectivity index (χ1n) is 16.2. The lowest BCUT2D eigenvalue weighted by Crippen LogP contribution is -2.36. The highest BCUT2D eigenvalue weighted by Crippen LogP contribution is 2.36. The number of benzene rings is 3. The molecule has 0 unspecified atom stereocenters. The number of halogens is 2. The number of amides is 1. The molecule has 0 fully saturated rings. The largest absolute Gasteiger partial charge is 0.478 e. The van der Waals surface area contributed by atoms with Gasteiger partial charge in [0.1, 0.15) is 9.81 Å². The van der Waals surface area contributed by atoms with E-state index < -0.39 is 26.0 Å². The molecule has 0 spiro atoms. The number of hydrogen-bond donors (Lipinski definition) is 6. The number of nitrogens with one attached hydrogen (secondary N) is 5. The molecule has 0 radical (unpaired) electrons. The Morgan fingerprint density at radius 1 is 0.727 bits per heavy atom. The summed E-state index contributed by atoms with van der Waals surface area (Å²) in [5.74, 6) is -1.61. The van der Waals surface area contributed by atoms with Crippen LogP contribution in [0.3, 0.4) is 0 Å². The molecule has 4 aliphatic heterocycles. The lowest BCUT2D eigenvalue weighted by Gasteiger charge is -2.21. The Morgan fingerprint density at radius 3 is 1.69 bits per heavy atom. The highest BCUT2D eigenvalue weighted by molar-refractivity contribution is 7.98. The Bertz CT molecular complexity index is 2500. The van der Waals surface area contributed by atoms with Crippen LogP contribution in [0.1, 0.15) is 31.8 Å². The van der Waals surface area contributed by atoms with Crippen LogP contribution in [0.4, 0.5) is 11.4 Å². The molecule has 1 amide bonds. The summed E-state index contributed by atoms with van der Waals surface area (Å²) in [4.78, 5) is 24.4. The number of allylic oxidation sites excluding steroid dienone is 4. The van der Waals surface area contributed by atoms with Crippen LogP contribution < -0.4 is 24.2 Å². The van der Waals surface area contributed by atoms with E-state index in [9.17, 15) is 31.5 Å². The van der Waals surface area contributed by atoms with Gasteiger partial charge in [-0.15, -0.1) is 0 Å². The van der Waals surface area contributed by atoms with E-state index in [2.05, 4.69) is 36.3 Å². The summed E-state index contributed by atoms with van der Waals surface area (Å²) in [6.45, 7) is 0. The molecule has 0 bridgehead atoms. The maximum atomic E-state index is 13.2. The molecule has 6 N–H and O–H groups in total. The number of carbonyl (C=O) groups is 2. The van der Waals surface area contributed by atoms with Crippen molar-refractivity contribution in [3.63, 3.8) is 0 Å². The van der Waals surface area contributed by atoms with Crippen LogP contribution in [-0.4, -0.2) is 48.5 Å². The van der Waals surface area contributed by atoms with Crippen molar-refractivity contribution in [2.75, 3.05) is 9.44 Å². The molecule has 284 valence electrons. The lowest BCUT2D eigenvalue weighted by atomic mass is 10.1. The lowest BCUT2D eigenvalue weighted by molar-refractivity contribution is 0.0697. The van der Waals surface area contributed by atoms with E-state index in [1.165, 1.54) is 77.9 Å². The van der Waals surface area contributed by atoms with E-state index >= 15 is 0 Å². The summed E-state index contributed by atoms with van der Waals surface area (Å²) in [6.07, 6.45) is 14.3. The smallest absolute Gasteiger partial charge is 0.337 e. The van der Waals surface area contributed by atoms with E-state index in [0.717, 1.165) is 12.8 Å². The van der Waals surface area contributed by atoms with Crippen LogP contribution in [0.25, 0.3) is 0 Å². The van der Waals surface area contributed by atoms with Gasteiger partial charge >= 0.3 is 5.97 Å². The van der Waals surface area contributed by atoms with Crippen molar-refractivity contribution in [2.24, 2.45) is 0 Å². The normalized spacial score (nSPS) is 16.8. The third kappa shape index (κ3) is 8.34.